The molecule has 2 rings (SSSR count). The summed E-state index contributed by atoms with van der Waals surface area (Å²) in [7, 11) is 0. The van der Waals surface area contributed by atoms with Crippen molar-refractivity contribution in [2.24, 2.45) is 0 Å². The van der Waals surface area contributed by atoms with Crippen molar-refractivity contribution in [2.45, 2.75) is 18.9 Å². The van der Waals surface area contributed by atoms with Crippen LogP contribution in [0.1, 0.15) is 23.2 Å². The molecule has 17 heavy (non-hydrogen) atoms. The Bertz CT molecular complexity index is 416. The number of ether oxygens (including phenoxy) is 1. The number of carboxylic acids is 1. The molecule has 0 spiro atoms. The van der Waals surface area contributed by atoms with Gasteiger partial charge in [0.2, 0.25) is 0 Å². The number of hydrogen-bond donors (Lipinski definition) is 3. The van der Waals surface area contributed by atoms with Gasteiger partial charge < -0.3 is 20.9 Å². The van der Waals surface area contributed by atoms with Crippen LogP contribution < -0.4 is 11.1 Å². The predicted molar refractivity (Wildman–Crippen MR) is 63.1 cm³/mol. The molecule has 0 radical (unpaired) electrons. The monoisotopic (exact) mass is 237 g/mol. The second kappa shape index (κ2) is 5.01. The number of aromatic nitrogens is 1. The average Bonchev–Trinajstić information content (AvgIpc) is 2.33. The van der Waals surface area contributed by atoms with Crippen molar-refractivity contribution < 1.29 is 14.6 Å². The van der Waals surface area contributed by atoms with Crippen LogP contribution in [0.25, 0.3) is 0 Å². The molecule has 92 valence electrons. The van der Waals surface area contributed by atoms with Crippen LogP contribution in [0.2, 0.25) is 0 Å². The van der Waals surface area contributed by atoms with Crippen LogP contribution in [-0.2, 0) is 4.74 Å². The van der Waals surface area contributed by atoms with E-state index in [0.717, 1.165) is 26.1 Å². The number of nitrogen functional groups attached to an aromatic ring is 1. The number of nitrogens with one attached hydrogen (secondary N) is 1. The van der Waals surface area contributed by atoms with Crippen molar-refractivity contribution in [3.63, 3.8) is 0 Å². The van der Waals surface area contributed by atoms with Crippen LogP contribution in [0.4, 0.5) is 11.5 Å². The Morgan fingerprint density at radius 3 is 2.82 bits per heavy atom. The maximum absolute atomic E-state index is 10.7. The zero-order valence-corrected chi connectivity index (χ0v) is 9.35. The molecule has 1 aromatic rings. The minimum atomic E-state index is -1.03. The van der Waals surface area contributed by atoms with Crippen molar-refractivity contribution in [3.05, 3.63) is 17.8 Å². The summed E-state index contributed by atoms with van der Waals surface area (Å²) >= 11 is 0. The molecule has 1 aliphatic heterocycles. The molecule has 1 saturated heterocycles. The van der Waals surface area contributed by atoms with Crippen molar-refractivity contribution in [1.82, 2.24) is 4.98 Å². The third-order valence-electron chi connectivity index (χ3n) is 2.73. The largest absolute Gasteiger partial charge is 0.478 e. The molecule has 2 heterocycles. The van der Waals surface area contributed by atoms with E-state index in [-0.39, 0.29) is 11.6 Å². The summed E-state index contributed by atoms with van der Waals surface area (Å²) in [5.41, 5.74) is 6.21. The summed E-state index contributed by atoms with van der Waals surface area (Å²) < 4.78 is 5.25. The molecule has 6 heteroatoms. The van der Waals surface area contributed by atoms with Gasteiger partial charge in [0.25, 0.3) is 0 Å². The Labute approximate surface area is 98.8 Å². The van der Waals surface area contributed by atoms with Crippen molar-refractivity contribution in [1.29, 1.82) is 0 Å². The molecule has 6 nitrogen and oxygen atoms in total. The molecule has 0 atom stereocenters. The van der Waals surface area contributed by atoms with E-state index in [2.05, 4.69) is 10.3 Å². The summed E-state index contributed by atoms with van der Waals surface area (Å²) in [4.78, 5) is 14.8. The van der Waals surface area contributed by atoms with E-state index >= 15 is 0 Å². The molecule has 1 aliphatic rings. The van der Waals surface area contributed by atoms with Gasteiger partial charge in [0.1, 0.15) is 5.82 Å². The lowest BCUT2D eigenvalue weighted by Crippen LogP contribution is -2.28. The Hall–Kier alpha value is -1.82. The maximum Gasteiger partial charge on any atom is 0.337 e. The fourth-order valence-electron chi connectivity index (χ4n) is 1.75. The normalized spacial score (nSPS) is 16.7. The molecule has 0 aromatic carbocycles. The zero-order chi connectivity index (χ0) is 12.3. The van der Waals surface area contributed by atoms with Gasteiger partial charge in [-0.25, -0.2) is 9.78 Å². The van der Waals surface area contributed by atoms with Gasteiger partial charge >= 0.3 is 5.97 Å². The van der Waals surface area contributed by atoms with Gasteiger partial charge in [-0.15, -0.1) is 0 Å². The first-order valence-corrected chi connectivity index (χ1v) is 5.50. The summed E-state index contributed by atoms with van der Waals surface area (Å²) in [6, 6.07) is 1.70. The van der Waals surface area contributed by atoms with Crippen molar-refractivity contribution >= 4 is 17.5 Å². The minimum absolute atomic E-state index is 0.0972. The van der Waals surface area contributed by atoms with Crippen LogP contribution in [-0.4, -0.2) is 35.3 Å². The molecule has 1 fully saturated rings. The van der Waals surface area contributed by atoms with E-state index in [9.17, 15) is 4.79 Å². The summed E-state index contributed by atoms with van der Waals surface area (Å²) in [5.74, 6) is -0.483. The SMILES string of the molecule is Nc1cc(C(=O)O)cnc1NC1CCOCC1. The van der Waals surface area contributed by atoms with Gasteiger partial charge in [-0.1, -0.05) is 0 Å². The standard InChI is InChI=1S/C11H15N3O3/c12-9-5-7(11(15)16)6-13-10(9)14-8-1-3-17-4-2-8/h5-6,8H,1-4,12H2,(H,13,14)(H,15,16). The number of aromatic carboxylic acids is 1. The van der Waals surface area contributed by atoms with Crippen molar-refractivity contribution in [2.75, 3.05) is 24.3 Å². The number of carbonyl (C=O) groups is 1. The maximum atomic E-state index is 10.7. The lowest BCUT2D eigenvalue weighted by molar-refractivity contribution is 0.0696. The molecule has 0 aliphatic carbocycles. The van der Waals surface area contributed by atoms with Crippen LogP contribution in [0.15, 0.2) is 12.3 Å². The highest BCUT2D eigenvalue weighted by Gasteiger charge is 2.15. The third-order valence-corrected chi connectivity index (χ3v) is 2.73. The number of hydrogen-bond acceptors (Lipinski definition) is 5. The highest BCUT2D eigenvalue weighted by Crippen LogP contribution is 2.20. The Kier molecular flexibility index (Phi) is 3.43. The van der Waals surface area contributed by atoms with Gasteiger partial charge in [-0.2, -0.15) is 0 Å². The number of pyridine rings is 1. The molecule has 1 aromatic heterocycles. The molecule has 0 bridgehead atoms. The van der Waals surface area contributed by atoms with Gasteiger partial charge in [0, 0.05) is 25.5 Å². The Morgan fingerprint density at radius 1 is 1.53 bits per heavy atom. The molecule has 0 amide bonds. The number of rotatable bonds is 3. The van der Waals surface area contributed by atoms with Gasteiger partial charge in [-0.3, -0.25) is 0 Å². The number of nitrogens with two attached hydrogens (primary N) is 1. The smallest absolute Gasteiger partial charge is 0.337 e. The van der Waals surface area contributed by atoms with E-state index in [1.165, 1.54) is 12.3 Å². The van der Waals surface area contributed by atoms with Gasteiger partial charge in [0.05, 0.1) is 11.3 Å². The van der Waals surface area contributed by atoms with Crippen LogP contribution in [0.5, 0.6) is 0 Å². The lowest BCUT2D eigenvalue weighted by atomic mass is 10.1. The van der Waals surface area contributed by atoms with Crippen LogP contribution in [0.3, 0.4) is 0 Å². The summed E-state index contributed by atoms with van der Waals surface area (Å²) in [6.45, 7) is 1.45. The zero-order valence-electron chi connectivity index (χ0n) is 9.35. The molecular weight excluding hydrogens is 222 g/mol. The van der Waals surface area contributed by atoms with Crippen LogP contribution >= 0.6 is 0 Å². The van der Waals surface area contributed by atoms with E-state index in [4.69, 9.17) is 15.6 Å². The Morgan fingerprint density at radius 2 is 2.24 bits per heavy atom. The van der Waals surface area contributed by atoms with E-state index in [1.54, 1.807) is 0 Å². The molecule has 4 N–H and O–H groups in total. The highest BCUT2D eigenvalue weighted by molar-refractivity contribution is 5.89. The van der Waals surface area contributed by atoms with Gasteiger partial charge in [-0.05, 0) is 18.9 Å². The second-order valence-electron chi connectivity index (χ2n) is 4.00. The molecule has 0 unspecified atom stereocenters. The van der Waals surface area contributed by atoms with E-state index in [0.29, 0.717) is 11.5 Å². The first kappa shape index (κ1) is 11.7. The number of anilines is 2. The fraction of sp³-hybridized carbons (Fsp3) is 0.455. The van der Waals surface area contributed by atoms with Crippen LogP contribution in [0, 0.1) is 0 Å². The first-order chi connectivity index (χ1) is 8.16. The highest BCUT2D eigenvalue weighted by atomic mass is 16.5. The van der Waals surface area contributed by atoms with E-state index in [1.807, 2.05) is 0 Å². The number of carboxylic acid groups (broad SMARTS) is 1. The van der Waals surface area contributed by atoms with E-state index < -0.39 is 5.97 Å². The fourth-order valence-corrected chi connectivity index (χ4v) is 1.75. The first-order valence-electron chi connectivity index (χ1n) is 5.50. The predicted octanol–water partition coefficient (Wildman–Crippen LogP) is 0.953. The summed E-state index contributed by atoms with van der Waals surface area (Å²) in [5, 5.41) is 12.0. The molecule has 0 saturated carbocycles. The summed E-state index contributed by atoms with van der Waals surface area (Å²) in [6.07, 6.45) is 3.12. The quantitative estimate of drug-likeness (QED) is 0.724. The lowest BCUT2D eigenvalue weighted by Gasteiger charge is -2.24. The average molecular weight is 237 g/mol. The molecular formula is C11H15N3O3. The third kappa shape index (κ3) is 2.85. The minimum Gasteiger partial charge on any atom is -0.478 e. The van der Waals surface area contributed by atoms with Crippen molar-refractivity contribution in [3.8, 4) is 0 Å². The topological polar surface area (TPSA) is 97.5 Å². The Balaban J connectivity index is 2.08. The second-order valence-corrected chi connectivity index (χ2v) is 4.00. The van der Waals surface area contributed by atoms with Gasteiger partial charge in [0.15, 0.2) is 0 Å². The number of nitrogens with zero attached hydrogens (tertiary/aromatic N) is 1.